The Balaban J connectivity index is 3.09. The third-order valence-electron chi connectivity index (χ3n) is 1.59. The Morgan fingerprint density at radius 2 is 2.07 bits per heavy atom. The minimum Gasteiger partial charge on any atom is -0.478 e. The van der Waals surface area contributed by atoms with Crippen LogP contribution in [0.2, 0.25) is 0 Å². The number of hydrogen-bond acceptors (Lipinski definition) is 4. The van der Waals surface area contributed by atoms with E-state index in [1.54, 1.807) is 0 Å². The quantitative estimate of drug-likeness (QED) is 0.648. The fourth-order valence-electron chi connectivity index (χ4n) is 0.988. The average molecular weight is 230 g/mol. The summed E-state index contributed by atoms with van der Waals surface area (Å²) in [4.78, 5) is 10.6. The first-order valence-corrected chi connectivity index (χ1v) is 5.79. The summed E-state index contributed by atoms with van der Waals surface area (Å²) in [7, 11) is -3.41. The molecule has 0 aliphatic rings. The molecule has 15 heavy (non-hydrogen) atoms. The number of carbonyl (C=O) groups is 1. The van der Waals surface area contributed by atoms with Crippen LogP contribution in [0.5, 0.6) is 0 Å². The first-order chi connectivity index (χ1) is 6.79. The highest BCUT2D eigenvalue weighted by atomic mass is 32.2. The molecule has 0 amide bonds. The molecule has 0 aromatic heterocycles. The molecular formula is C8H10N2O4S. The van der Waals surface area contributed by atoms with Crippen molar-refractivity contribution < 1.29 is 18.3 Å². The number of nitrogen functional groups attached to an aromatic ring is 1. The van der Waals surface area contributed by atoms with Crippen molar-refractivity contribution in [3.05, 3.63) is 23.8 Å². The molecule has 0 aliphatic carbocycles. The van der Waals surface area contributed by atoms with Crippen molar-refractivity contribution in [3.63, 3.8) is 0 Å². The molecule has 0 bridgehead atoms. The summed E-state index contributed by atoms with van der Waals surface area (Å²) in [5, 5.41) is 8.64. The van der Waals surface area contributed by atoms with E-state index in [2.05, 4.69) is 4.72 Å². The highest BCUT2D eigenvalue weighted by molar-refractivity contribution is 7.92. The lowest BCUT2D eigenvalue weighted by atomic mass is 10.2. The maximum Gasteiger partial charge on any atom is 0.335 e. The maximum absolute atomic E-state index is 10.9. The number of nitrogens with one attached hydrogen (secondary N) is 1. The number of carboxylic acid groups (broad SMARTS) is 1. The third-order valence-corrected chi connectivity index (χ3v) is 2.18. The van der Waals surface area contributed by atoms with Gasteiger partial charge in [-0.2, -0.15) is 0 Å². The van der Waals surface area contributed by atoms with Gasteiger partial charge in [-0.3, -0.25) is 4.72 Å². The van der Waals surface area contributed by atoms with E-state index in [4.69, 9.17) is 10.8 Å². The van der Waals surface area contributed by atoms with Crippen LogP contribution >= 0.6 is 0 Å². The lowest BCUT2D eigenvalue weighted by Crippen LogP contribution is -2.11. The minimum absolute atomic E-state index is 0.00607. The van der Waals surface area contributed by atoms with Gasteiger partial charge < -0.3 is 10.8 Å². The van der Waals surface area contributed by atoms with E-state index < -0.39 is 16.0 Å². The van der Waals surface area contributed by atoms with E-state index in [-0.39, 0.29) is 16.9 Å². The van der Waals surface area contributed by atoms with Gasteiger partial charge in [-0.15, -0.1) is 0 Å². The number of hydrogen-bond donors (Lipinski definition) is 3. The molecule has 0 atom stereocenters. The standard InChI is InChI=1S/C8H10N2O4S/c1-15(13,14)10-7-3-2-5(8(11)12)4-6(7)9/h2-4,10H,9H2,1H3,(H,11,12). The van der Waals surface area contributed by atoms with E-state index in [0.29, 0.717) is 0 Å². The second-order valence-electron chi connectivity index (χ2n) is 2.98. The lowest BCUT2D eigenvalue weighted by molar-refractivity contribution is 0.0697. The van der Waals surface area contributed by atoms with Crippen LogP contribution in [0.1, 0.15) is 10.4 Å². The number of rotatable bonds is 3. The molecule has 6 nitrogen and oxygen atoms in total. The smallest absolute Gasteiger partial charge is 0.335 e. The van der Waals surface area contributed by atoms with Crippen molar-refractivity contribution >= 4 is 27.4 Å². The van der Waals surface area contributed by atoms with Crippen molar-refractivity contribution in [1.82, 2.24) is 0 Å². The monoisotopic (exact) mass is 230 g/mol. The number of anilines is 2. The molecule has 0 heterocycles. The van der Waals surface area contributed by atoms with Crippen molar-refractivity contribution in [2.75, 3.05) is 16.7 Å². The third kappa shape index (κ3) is 3.13. The second kappa shape index (κ2) is 3.77. The van der Waals surface area contributed by atoms with Crippen molar-refractivity contribution in [3.8, 4) is 0 Å². The van der Waals surface area contributed by atoms with Crippen molar-refractivity contribution in [2.45, 2.75) is 0 Å². The number of sulfonamides is 1. The summed E-state index contributed by atoms with van der Waals surface area (Å²) < 4.78 is 23.9. The summed E-state index contributed by atoms with van der Waals surface area (Å²) in [6.07, 6.45) is 0.984. The van der Waals surface area contributed by atoms with Crippen LogP contribution in [-0.2, 0) is 10.0 Å². The molecule has 0 unspecified atom stereocenters. The maximum atomic E-state index is 10.9. The zero-order valence-electron chi connectivity index (χ0n) is 7.89. The predicted molar refractivity (Wildman–Crippen MR) is 56.3 cm³/mol. The number of carboxylic acids is 1. The molecule has 0 aliphatic heterocycles. The van der Waals surface area contributed by atoms with Crippen molar-refractivity contribution in [1.29, 1.82) is 0 Å². The highest BCUT2D eigenvalue weighted by Crippen LogP contribution is 2.20. The predicted octanol–water partition coefficient (Wildman–Crippen LogP) is 0.338. The van der Waals surface area contributed by atoms with Gasteiger partial charge in [0.15, 0.2) is 0 Å². The largest absolute Gasteiger partial charge is 0.478 e. The zero-order valence-corrected chi connectivity index (χ0v) is 8.71. The van der Waals surface area contributed by atoms with Gasteiger partial charge in [0, 0.05) is 0 Å². The first-order valence-electron chi connectivity index (χ1n) is 3.90. The SMILES string of the molecule is CS(=O)(=O)Nc1ccc(C(=O)O)cc1N. The van der Waals surface area contributed by atoms with Gasteiger partial charge in [0.05, 0.1) is 23.2 Å². The molecule has 0 fully saturated rings. The summed E-state index contributed by atoms with van der Waals surface area (Å²) >= 11 is 0. The van der Waals surface area contributed by atoms with E-state index in [9.17, 15) is 13.2 Å². The summed E-state index contributed by atoms with van der Waals surface area (Å²) in [5.41, 5.74) is 5.72. The lowest BCUT2D eigenvalue weighted by Gasteiger charge is -2.07. The Hall–Kier alpha value is -1.76. The van der Waals surface area contributed by atoms with Crippen LogP contribution in [0, 0.1) is 0 Å². The van der Waals surface area contributed by atoms with Crippen LogP contribution in [0.25, 0.3) is 0 Å². The van der Waals surface area contributed by atoms with E-state index >= 15 is 0 Å². The van der Waals surface area contributed by atoms with Gasteiger partial charge in [-0.25, -0.2) is 13.2 Å². The minimum atomic E-state index is -3.41. The van der Waals surface area contributed by atoms with Gasteiger partial charge in [-0.1, -0.05) is 0 Å². The summed E-state index contributed by atoms with van der Waals surface area (Å²) in [5.74, 6) is -1.12. The van der Waals surface area contributed by atoms with Gasteiger partial charge in [0.2, 0.25) is 10.0 Å². The summed E-state index contributed by atoms with van der Waals surface area (Å²) in [6.45, 7) is 0. The van der Waals surface area contributed by atoms with Crippen LogP contribution in [0.4, 0.5) is 11.4 Å². The molecule has 1 aromatic rings. The molecule has 1 rings (SSSR count). The van der Waals surface area contributed by atoms with Gasteiger partial charge >= 0.3 is 5.97 Å². The molecular weight excluding hydrogens is 220 g/mol. The molecule has 4 N–H and O–H groups in total. The van der Waals surface area contributed by atoms with E-state index in [0.717, 1.165) is 6.26 Å². The number of nitrogens with two attached hydrogens (primary N) is 1. The fourth-order valence-corrected chi connectivity index (χ4v) is 1.57. The molecule has 82 valence electrons. The van der Waals surface area contributed by atoms with Crippen LogP contribution < -0.4 is 10.5 Å². The molecule has 0 radical (unpaired) electrons. The Labute approximate surface area is 86.8 Å². The Bertz CT molecular complexity index is 495. The van der Waals surface area contributed by atoms with Gasteiger partial charge in [0.1, 0.15) is 0 Å². The average Bonchev–Trinajstić information content (AvgIpc) is 2.05. The van der Waals surface area contributed by atoms with Gasteiger partial charge in [0.25, 0.3) is 0 Å². The Morgan fingerprint density at radius 1 is 1.47 bits per heavy atom. The molecule has 1 aromatic carbocycles. The number of benzene rings is 1. The van der Waals surface area contributed by atoms with Crippen molar-refractivity contribution in [2.24, 2.45) is 0 Å². The topological polar surface area (TPSA) is 109 Å². The zero-order chi connectivity index (χ0) is 11.6. The molecule has 0 saturated carbocycles. The molecule has 0 spiro atoms. The van der Waals surface area contributed by atoms with Crippen LogP contribution in [-0.4, -0.2) is 25.7 Å². The number of aromatic carboxylic acids is 1. The van der Waals surface area contributed by atoms with Gasteiger partial charge in [-0.05, 0) is 18.2 Å². The normalized spacial score (nSPS) is 11.0. The van der Waals surface area contributed by atoms with E-state index in [1.807, 2.05) is 0 Å². The molecule has 7 heteroatoms. The van der Waals surface area contributed by atoms with Crippen LogP contribution in [0.3, 0.4) is 0 Å². The second-order valence-corrected chi connectivity index (χ2v) is 4.73. The summed E-state index contributed by atoms with van der Waals surface area (Å²) in [6, 6.07) is 3.77. The highest BCUT2D eigenvalue weighted by Gasteiger charge is 2.08. The van der Waals surface area contributed by atoms with Crippen LogP contribution in [0.15, 0.2) is 18.2 Å². The first kappa shape index (κ1) is 11.3. The Kier molecular flexibility index (Phi) is 2.85. The molecule has 0 saturated heterocycles. The van der Waals surface area contributed by atoms with E-state index in [1.165, 1.54) is 18.2 Å². The fraction of sp³-hybridized carbons (Fsp3) is 0.125. The Morgan fingerprint density at radius 3 is 2.47 bits per heavy atom.